The van der Waals surface area contributed by atoms with Crippen LogP contribution in [0.1, 0.15) is 110 Å². The Labute approximate surface area is 343 Å². The fourth-order valence-electron chi connectivity index (χ4n) is 5.71. The highest BCUT2D eigenvalue weighted by Crippen LogP contribution is 2.25. The number of esters is 2. The minimum Gasteiger partial charge on any atom is -0.476 e. The summed E-state index contributed by atoms with van der Waals surface area (Å²) >= 11 is 0. The number of amides is 3. The number of rotatable bonds is 18. The lowest BCUT2D eigenvalue weighted by Gasteiger charge is -2.32. The van der Waals surface area contributed by atoms with E-state index in [1.807, 2.05) is 48.5 Å². The Morgan fingerprint density at radius 2 is 1.03 bits per heavy atom. The molecule has 3 amide bonds. The molecule has 0 radical (unpaired) electrons. The molecule has 0 bridgehead atoms. The van der Waals surface area contributed by atoms with Gasteiger partial charge in [-0.15, -0.1) is 0 Å². The highest BCUT2D eigenvalue weighted by atomic mass is 16.8. The van der Waals surface area contributed by atoms with Crippen molar-refractivity contribution in [2.24, 2.45) is 0 Å². The molecule has 58 heavy (non-hydrogen) atoms. The molecule has 0 atom stereocenters. The van der Waals surface area contributed by atoms with Crippen molar-refractivity contribution in [2.45, 2.75) is 124 Å². The number of ether oxygens (including phenoxy) is 4. The summed E-state index contributed by atoms with van der Waals surface area (Å²) in [5.74, 6) is -1.19. The van der Waals surface area contributed by atoms with Gasteiger partial charge in [-0.3, -0.25) is 4.79 Å². The van der Waals surface area contributed by atoms with E-state index < -0.39 is 41.0 Å². The third-order valence-electron chi connectivity index (χ3n) is 9.05. The van der Waals surface area contributed by atoms with Crippen LogP contribution in [0.3, 0.4) is 0 Å². The lowest BCUT2D eigenvalue weighted by Crippen LogP contribution is -2.52. The maximum absolute atomic E-state index is 13.9. The van der Waals surface area contributed by atoms with Gasteiger partial charge in [0.15, 0.2) is 11.2 Å². The van der Waals surface area contributed by atoms with E-state index in [0.29, 0.717) is 37.2 Å². The first kappa shape index (κ1) is 46.8. The van der Waals surface area contributed by atoms with E-state index in [1.165, 1.54) is 7.05 Å². The molecule has 13 heteroatoms. The van der Waals surface area contributed by atoms with Crippen molar-refractivity contribution in [3.63, 3.8) is 0 Å². The van der Waals surface area contributed by atoms with Crippen LogP contribution >= 0.6 is 0 Å². The third-order valence-corrected chi connectivity index (χ3v) is 9.05. The van der Waals surface area contributed by atoms with Crippen LogP contribution < -0.4 is 14.8 Å². The topological polar surface area (TPSA) is 150 Å². The zero-order chi connectivity index (χ0) is 43.1. The number of nitrogens with one attached hydrogen (secondary N) is 1. The number of benzene rings is 3. The maximum atomic E-state index is 13.9. The van der Waals surface area contributed by atoms with Gasteiger partial charge in [-0.25, -0.2) is 19.2 Å². The molecule has 0 aliphatic rings. The predicted molar refractivity (Wildman–Crippen MR) is 220 cm³/mol. The van der Waals surface area contributed by atoms with Gasteiger partial charge in [-0.2, -0.15) is 5.01 Å². The van der Waals surface area contributed by atoms with E-state index in [4.69, 9.17) is 23.8 Å². The Morgan fingerprint density at radius 1 is 0.603 bits per heavy atom. The lowest BCUT2D eigenvalue weighted by molar-refractivity contribution is -0.246. The van der Waals surface area contributed by atoms with Crippen molar-refractivity contribution < 1.29 is 47.8 Å². The molecular formula is C45H61N3O10. The summed E-state index contributed by atoms with van der Waals surface area (Å²) in [4.78, 5) is 70.7. The van der Waals surface area contributed by atoms with Crippen LogP contribution in [-0.2, 0) is 58.3 Å². The molecule has 0 fully saturated rings. The van der Waals surface area contributed by atoms with Gasteiger partial charge >= 0.3 is 23.9 Å². The minimum absolute atomic E-state index is 0.0266. The molecule has 3 aromatic rings. The van der Waals surface area contributed by atoms with E-state index in [-0.39, 0.29) is 38.0 Å². The number of carbonyl (C=O) groups excluding carboxylic acids is 5. The standard InChI is InChI=1S/C45H61N3O10/c1-11-54-40(51)44(6,7)56-36-27-21-32(22-28-36)15-13-17-38(49)48(47(42(53)46-10)31-34-19-25-35(26-20-34)43(3,4)5)58-39(50)18-14-16-33-23-29-37(30-24-33)57-45(8,9)41(52)55-12-2/h19-30H,11-18,31H2,1-10H3,(H,46,53). The van der Waals surface area contributed by atoms with E-state index in [9.17, 15) is 24.0 Å². The number of hydrogen-bond acceptors (Lipinski definition) is 10. The van der Waals surface area contributed by atoms with Gasteiger partial charge in [0.05, 0.1) is 19.8 Å². The molecule has 0 aliphatic heterocycles. The molecule has 13 nitrogen and oxygen atoms in total. The van der Waals surface area contributed by atoms with Crippen LogP contribution in [-0.4, -0.2) is 71.5 Å². The molecular weight excluding hydrogens is 743 g/mol. The van der Waals surface area contributed by atoms with Crippen LogP contribution in [0.2, 0.25) is 0 Å². The number of aryl methyl sites for hydroxylation is 2. The summed E-state index contributed by atoms with van der Waals surface area (Å²) in [6.45, 7) is 16.8. The van der Waals surface area contributed by atoms with Gasteiger partial charge in [0, 0.05) is 19.9 Å². The average molecular weight is 804 g/mol. The fraction of sp³-hybridized carbons (Fsp3) is 0.489. The number of carbonyl (C=O) groups is 5. The number of hydroxylamine groups is 1. The molecule has 0 aliphatic carbocycles. The molecule has 0 spiro atoms. The monoisotopic (exact) mass is 803 g/mol. The molecule has 3 rings (SSSR count). The van der Waals surface area contributed by atoms with E-state index in [1.54, 1.807) is 65.8 Å². The molecule has 3 aromatic carbocycles. The zero-order valence-electron chi connectivity index (χ0n) is 35.8. The van der Waals surface area contributed by atoms with Crippen molar-refractivity contribution in [2.75, 3.05) is 20.3 Å². The quantitative estimate of drug-likeness (QED) is 0.0997. The summed E-state index contributed by atoms with van der Waals surface area (Å²) < 4.78 is 21.9. The Hall–Kier alpha value is -5.59. The third kappa shape index (κ3) is 14.4. The maximum Gasteiger partial charge on any atom is 0.349 e. The molecule has 0 saturated carbocycles. The van der Waals surface area contributed by atoms with Gasteiger partial charge in [0.25, 0.3) is 5.91 Å². The SMILES string of the molecule is CCOC(=O)C(C)(C)Oc1ccc(CCCC(=O)ON(C(=O)CCCc2ccc(OC(C)(C)C(=O)OCC)cc2)N(Cc2ccc(C(C)(C)C)cc2)C(=O)NC)cc1. The van der Waals surface area contributed by atoms with E-state index >= 15 is 0 Å². The summed E-state index contributed by atoms with van der Waals surface area (Å²) in [5, 5.41) is 4.45. The summed E-state index contributed by atoms with van der Waals surface area (Å²) in [6.07, 6.45) is 1.77. The largest absolute Gasteiger partial charge is 0.476 e. The van der Waals surface area contributed by atoms with Crippen LogP contribution in [0.4, 0.5) is 4.79 Å². The van der Waals surface area contributed by atoms with Crippen molar-refractivity contribution in [1.29, 1.82) is 0 Å². The van der Waals surface area contributed by atoms with Gasteiger partial charge in [0.1, 0.15) is 11.5 Å². The predicted octanol–water partition coefficient (Wildman–Crippen LogP) is 7.81. The second kappa shape index (κ2) is 21.2. The summed E-state index contributed by atoms with van der Waals surface area (Å²) in [5.41, 5.74) is 1.28. The number of hydrazine groups is 1. The Balaban J connectivity index is 1.71. The molecule has 316 valence electrons. The van der Waals surface area contributed by atoms with Gasteiger partial charge in [-0.05, 0) is 119 Å². The normalized spacial score (nSPS) is 11.6. The van der Waals surface area contributed by atoms with Crippen LogP contribution in [0.15, 0.2) is 72.8 Å². The average Bonchev–Trinajstić information content (AvgIpc) is 3.17. The van der Waals surface area contributed by atoms with Crippen molar-refractivity contribution >= 4 is 29.8 Å². The van der Waals surface area contributed by atoms with E-state index in [0.717, 1.165) is 32.4 Å². The highest BCUT2D eigenvalue weighted by molar-refractivity contribution is 5.82. The van der Waals surface area contributed by atoms with Gasteiger partial charge < -0.3 is 29.1 Å². The Kier molecular flexibility index (Phi) is 17.1. The van der Waals surface area contributed by atoms with Gasteiger partial charge in [-0.1, -0.05) is 74.5 Å². The first-order valence-electron chi connectivity index (χ1n) is 19.8. The van der Waals surface area contributed by atoms with Gasteiger partial charge in [0.2, 0.25) is 0 Å². The van der Waals surface area contributed by atoms with Crippen molar-refractivity contribution in [1.82, 2.24) is 15.5 Å². The van der Waals surface area contributed by atoms with Crippen molar-refractivity contribution in [3.8, 4) is 11.5 Å². The Morgan fingerprint density at radius 3 is 1.45 bits per heavy atom. The summed E-state index contributed by atoms with van der Waals surface area (Å²) in [6, 6.07) is 21.5. The summed E-state index contributed by atoms with van der Waals surface area (Å²) in [7, 11) is 1.44. The molecule has 1 N–H and O–H groups in total. The molecule has 0 heterocycles. The Bertz CT molecular complexity index is 1820. The van der Waals surface area contributed by atoms with Crippen LogP contribution in [0.5, 0.6) is 11.5 Å². The zero-order valence-corrected chi connectivity index (χ0v) is 35.8. The van der Waals surface area contributed by atoms with E-state index in [2.05, 4.69) is 26.1 Å². The lowest BCUT2D eigenvalue weighted by atomic mass is 9.87. The second-order valence-corrected chi connectivity index (χ2v) is 15.9. The van der Waals surface area contributed by atoms with Crippen LogP contribution in [0, 0.1) is 0 Å². The number of hydrogen-bond donors (Lipinski definition) is 1. The first-order chi connectivity index (χ1) is 27.3. The number of nitrogens with zero attached hydrogens (tertiary/aromatic N) is 2. The highest BCUT2D eigenvalue weighted by Gasteiger charge is 2.33. The number of urea groups is 1. The van der Waals surface area contributed by atoms with Crippen molar-refractivity contribution in [3.05, 3.63) is 95.1 Å². The smallest absolute Gasteiger partial charge is 0.349 e. The second-order valence-electron chi connectivity index (χ2n) is 15.9. The molecule has 0 unspecified atom stereocenters. The molecule has 0 saturated heterocycles. The minimum atomic E-state index is -1.16. The van der Waals surface area contributed by atoms with Crippen LogP contribution in [0.25, 0.3) is 0 Å². The first-order valence-corrected chi connectivity index (χ1v) is 19.8. The molecule has 0 aromatic heterocycles. The fourth-order valence-corrected chi connectivity index (χ4v) is 5.71.